The van der Waals surface area contributed by atoms with E-state index >= 15 is 0 Å². The smallest absolute Gasteiger partial charge is 0.400 e. The minimum absolute atomic E-state index is 0.115. The Bertz CT molecular complexity index is 764. The molecule has 0 radical (unpaired) electrons. The fourth-order valence-electron chi connectivity index (χ4n) is 1.67. The highest BCUT2D eigenvalue weighted by Gasteiger charge is 2.13. The second kappa shape index (κ2) is 8.33. The van der Waals surface area contributed by atoms with Gasteiger partial charge in [-0.05, 0) is 19.9 Å². The summed E-state index contributed by atoms with van der Waals surface area (Å²) in [6, 6.07) is 2.53. The van der Waals surface area contributed by atoms with E-state index in [0.717, 1.165) is 6.21 Å². The number of nitro groups is 1. The lowest BCUT2D eigenvalue weighted by molar-refractivity contribution is -0.402. The van der Waals surface area contributed by atoms with Gasteiger partial charge in [0, 0.05) is 13.1 Å². The molecule has 0 aliphatic heterocycles. The zero-order chi connectivity index (χ0) is 18.2. The van der Waals surface area contributed by atoms with E-state index in [4.69, 9.17) is 4.42 Å². The normalized spacial score (nSPS) is 10.6. The zero-order valence-electron chi connectivity index (χ0n) is 13.5. The summed E-state index contributed by atoms with van der Waals surface area (Å²) >= 11 is 0. The molecule has 0 unspecified atom stereocenters. The van der Waals surface area contributed by atoms with Gasteiger partial charge in [-0.1, -0.05) is 0 Å². The zero-order valence-corrected chi connectivity index (χ0v) is 13.5. The molecule has 0 bridgehead atoms. The summed E-state index contributed by atoms with van der Waals surface area (Å²) in [6.07, 6.45) is 1.13. The predicted molar refractivity (Wildman–Crippen MR) is 88.6 cm³/mol. The topological polar surface area (TPSA) is 160 Å². The maximum Gasteiger partial charge on any atom is 0.433 e. The lowest BCUT2D eigenvalue weighted by Gasteiger charge is -2.07. The standard InChI is InChI=1S/C13H16N8O4/c1-3-14-12-17-10(18-13(19-12)15-4-2)11(22)20-16-7-8-5-6-9(25-8)21(23)24/h5-7H,3-4H2,1-2H3,(H,20,22)(H2,14,15,17,18,19)/b16-7+. The van der Waals surface area contributed by atoms with Crippen molar-refractivity contribution in [2.24, 2.45) is 5.10 Å². The lowest BCUT2D eigenvalue weighted by Crippen LogP contribution is -2.22. The Hall–Kier alpha value is -3.57. The minimum atomic E-state index is -0.675. The number of amides is 1. The molecule has 0 aliphatic carbocycles. The summed E-state index contributed by atoms with van der Waals surface area (Å²) < 4.78 is 4.87. The molecule has 0 spiro atoms. The monoisotopic (exact) mass is 348 g/mol. The molecule has 2 rings (SSSR count). The van der Waals surface area contributed by atoms with Crippen molar-refractivity contribution in [1.29, 1.82) is 0 Å². The molecule has 25 heavy (non-hydrogen) atoms. The van der Waals surface area contributed by atoms with Gasteiger partial charge in [-0.25, -0.2) is 5.43 Å². The summed E-state index contributed by atoms with van der Waals surface area (Å²) in [5.41, 5.74) is 2.22. The molecule has 132 valence electrons. The highest BCUT2D eigenvalue weighted by atomic mass is 16.6. The van der Waals surface area contributed by atoms with Crippen molar-refractivity contribution in [2.45, 2.75) is 13.8 Å². The molecule has 1 amide bonds. The third-order valence-corrected chi connectivity index (χ3v) is 2.66. The Morgan fingerprint density at radius 3 is 2.40 bits per heavy atom. The van der Waals surface area contributed by atoms with E-state index in [1.165, 1.54) is 12.1 Å². The first-order valence-electron chi connectivity index (χ1n) is 7.35. The minimum Gasteiger partial charge on any atom is -0.400 e. The molecule has 0 aromatic carbocycles. The van der Waals surface area contributed by atoms with Gasteiger partial charge in [-0.15, -0.1) is 0 Å². The maximum atomic E-state index is 12.1. The summed E-state index contributed by atoms with van der Waals surface area (Å²) in [6.45, 7) is 4.88. The van der Waals surface area contributed by atoms with Gasteiger partial charge < -0.3 is 15.1 Å². The maximum absolute atomic E-state index is 12.1. The molecule has 12 nitrogen and oxygen atoms in total. The van der Waals surface area contributed by atoms with E-state index in [1.807, 2.05) is 13.8 Å². The Labute approximate surface area is 141 Å². The number of hydrogen-bond donors (Lipinski definition) is 3. The number of aromatic nitrogens is 3. The molecule has 0 fully saturated rings. The van der Waals surface area contributed by atoms with E-state index < -0.39 is 16.7 Å². The van der Waals surface area contributed by atoms with Crippen LogP contribution in [0.5, 0.6) is 0 Å². The van der Waals surface area contributed by atoms with Gasteiger partial charge in [-0.3, -0.25) is 14.9 Å². The summed E-state index contributed by atoms with van der Waals surface area (Å²) in [5.74, 6) is -0.601. The van der Waals surface area contributed by atoms with Crippen LogP contribution in [0.4, 0.5) is 17.8 Å². The van der Waals surface area contributed by atoms with Gasteiger partial charge in [0.2, 0.25) is 17.7 Å². The SMILES string of the molecule is CCNc1nc(NCC)nc(C(=O)N/N=C/c2ccc([N+](=O)[O-])o2)n1. The Morgan fingerprint density at radius 2 is 1.88 bits per heavy atom. The predicted octanol–water partition coefficient (Wildman–Crippen LogP) is 1.00. The number of carbonyl (C=O) groups is 1. The van der Waals surface area contributed by atoms with Gasteiger partial charge in [0.1, 0.15) is 4.92 Å². The van der Waals surface area contributed by atoms with Crippen LogP contribution in [0.2, 0.25) is 0 Å². The number of anilines is 2. The first kappa shape index (κ1) is 17.8. The van der Waals surface area contributed by atoms with Gasteiger partial charge in [0.25, 0.3) is 0 Å². The van der Waals surface area contributed by atoms with Crippen LogP contribution in [0.1, 0.15) is 30.2 Å². The summed E-state index contributed by atoms with van der Waals surface area (Å²) in [7, 11) is 0. The van der Waals surface area contributed by atoms with Crippen molar-refractivity contribution in [2.75, 3.05) is 23.7 Å². The number of hydrazone groups is 1. The van der Waals surface area contributed by atoms with Crippen LogP contribution in [-0.2, 0) is 0 Å². The van der Waals surface area contributed by atoms with E-state index in [0.29, 0.717) is 13.1 Å². The fourth-order valence-corrected chi connectivity index (χ4v) is 1.67. The molecular formula is C13H16N8O4. The third-order valence-electron chi connectivity index (χ3n) is 2.66. The number of nitrogens with one attached hydrogen (secondary N) is 3. The number of nitrogens with zero attached hydrogens (tertiary/aromatic N) is 5. The van der Waals surface area contributed by atoms with Crippen molar-refractivity contribution in [3.8, 4) is 0 Å². The van der Waals surface area contributed by atoms with Crippen LogP contribution >= 0.6 is 0 Å². The van der Waals surface area contributed by atoms with E-state index in [1.54, 1.807) is 0 Å². The van der Waals surface area contributed by atoms with Gasteiger partial charge in [0.15, 0.2) is 5.76 Å². The number of hydrogen-bond acceptors (Lipinski definition) is 10. The first-order chi connectivity index (χ1) is 12.0. The average Bonchev–Trinajstić information content (AvgIpc) is 3.04. The van der Waals surface area contributed by atoms with Crippen LogP contribution in [-0.4, -0.2) is 45.1 Å². The lowest BCUT2D eigenvalue weighted by atomic mass is 10.5. The molecule has 0 atom stereocenters. The number of carbonyl (C=O) groups excluding carboxylic acids is 1. The molecule has 2 heterocycles. The fraction of sp³-hybridized carbons (Fsp3) is 0.308. The van der Waals surface area contributed by atoms with Crippen LogP contribution in [0.15, 0.2) is 21.7 Å². The Morgan fingerprint density at radius 1 is 1.24 bits per heavy atom. The number of rotatable bonds is 8. The molecule has 0 aliphatic rings. The van der Waals surface area contributed by atoms with Crippen molar-refractivity contribution in [3.63, 3.8) is 0 Å². The van der Waals surface area contributed by atoms with Gasteiger partial charge >= 0.3 is 11.8 Å². The first-order valence-corrected chi connectivity index (χ1v) is 7.35. The van der Waals surface area contributed by atoms with Crippen molar-refractivity contribution in [3.05, 3.63) is 33.8 Å². The summed E-state index contributed by atoms with van der Waals surface area (Å²) in [4.78, 5) is 34.0. The van der Waals surface area contributed by atoms with Crippen LogP contribution in [0, 0.1) is 10.1 Å². The third kappa shape index (κ3) is 4.95. The molecule has 3 N–H and O–H groups in total. The second-order valence-electron chi connectivity index (χ2n) is 4.50. The van der Waals surface area contributed by atoms with E-state index in [9.17, 15) is 14.9 Å². The quantitative estimate of drug-likeness (QED) is 0.359. The largest absolute Gasteiger partial charge is 0.433 e. The van der Waals surface area contributed by atoms with Gasteiger partial charge in [-0.2, -0.15) is 20.1 Å². The van der Waals surface area contributed by atoms with Crippen molar-refractivity contribution < 1.29 is 14.1 Å². The molecule has 0 saturated carbocycles. The van der Waals surface area contributed by atoms with Crippen LogP contribution in [0.3, 0.4) is 0 Å². The molecule has 12 heteroatoms. The van der Waals surface area contributed by atoms with Crippen molar-refractivity contribution >= 4 is 29.9 Å². The molecule has 2 aromatic rings. The van der Waals surface area contributed by atoms with E-state index in [2.05, 4.69) is 36.1 Å². The van der Waals surface area contributed by atoms with Crippen molar-refractivity contribution in [1.82, 2.24) is 20.4 Å². The van der Waals surface area contributed by atoms with Crippen LogP contribution in [0.25, 0.3) is 0 Å². The summed E-state index contributed by atoms with van der Waals surface area (Å²) in [5, 5.41) is 20.0. The van der Waals surface area contributed by atoms with Gasteiger partial charge in [0.05, 0.1) is 12.3 Å². The van der Waals surface area contributed by atoms with Crippen LogP contribution < -0.4 is 16.1 Å². The highest BCUT2D eigenvalue weighted by Crippen LogP contribution is 2.13. The van der Waals surface area contributed by atoms with E-state index in [-0.39, 0.29) is 23.5 Å². The molecular weight excluding hydrogens is 332 g/mol. The Kier molecular flexibility index (Phi) is 5.92. The second-order valence-corrected chi connectivity index (χ2v) is 4.50. The highest BCUT2D eigenvalue weighted by molar-refractivity contribution is 5.91. The molecule has 2 aromatic heterocycles. The Balaban J connectivity index is 2.08. The number of furan rings is 1. The molecule has 0 saturated heterocycles. The average molecular weight is 348 g/mol.